The number of carbonyl (C=O) groups is 1. The molecule has 8 nitrogen and oxygen atoms in total. The van der Waals surface area contributed by atoms with Gasteiger partial charge in [-0.05, 0) is 30.5 Å². The van der Waals surface area contributed by atoms with Crippen molar-refractivity contribution in [2.45, 2.75) is 50.4 Å². The molecule has 0 spiro atoms. The van der Waals surface area contributed by atoms with Crippen molar-refractivity contribution in [1.29, 1.82) is 0 Å². The number of benzene rings is 1. The van der Waals surface area contributed by atoms with Crippen LogP contribution in [0.2, 0.25) is 0 Å². The first-order chi connectivity index (χ1) is 14.0. The van der Waals surface area contributed by atoms with Crippen molar-refractivity contribution in [3.63, 3.8) is 0 Å². The Balaban J connectivity index is 1.34. The molecule has 1 aliphatic carbocycles. The first kappa shape index (κ1) is 20.2. The fraction of sp³-hybridized carbons (Fsp3) is 0.650. The van der Waals surface area contributed by atoms with E-state index in [1.54, 1.807) is 12.1 Å². The topological polar surface area (TPSA) is 90.7 Å². The normalized spacial score (nSPS) is 30.6. The molecule has 4 atom stereocenters. The van der Waals surface area contributed by atoms with Gasteiger partial charge < -0.3 is 4.90 Å². The molecule has 2 saturated heterocycles. The molecule has 29 heavy (non-hydrogen) atoms. The summed E-state index contributed by atoms with van der Waals surface area (Å²) in [6, 6.07) is 5.72. The van der Waals surface area contributed by atoms with Gasteiger partial charge in [-0.2, -0.15) is 0 Å². The Labute approximate surface area is 169 Å². The SMILES string of the molecule is O=C(C1NNC2CCC([N+](=O)[O-])CC21)N1CCCN(Cc2ccc(F)cc2)CC1. The monoisotopic (exact) mass is 405 g/mol. The van der Waals surface area contributed by atoms with Crippen molar-refractivity contribution in [3.05, 3.63) is 45.8 Å². The van der Waals surface area contributed by atoms with Crippen molar-refractivity contribution < 1.29 is 14.1 Å². The number of hydrogen-bond donors (Lipinski definition) is 2. The van der Waals surface area contributed by atoms with E-state index in [2.05, 4.69) is 15.8 Å². The Morgan fingerprint density at radius 1 is 1.14 bits per heavy atom. The zero-order valence-electron chi connectivity index (χ0n) is 16.4. The van der Waals surface area contributed by atoms with Gasteiger partial charge in [-0.1, -0.05) is 12.1 Å². The maximum Gasteiger partial charge on any atom is 0.241 e. The molecule has 0 bridgehead atoms. The van der Waals surface area contributed by atoms with E-state index in [4.69, 9.17) is 0 Å². The summed E-state index contributed by atoms with van der Waals surface area (Å²) in [7, 11) is 0. The van der Waals surface area contributed by atoms with E-state index in [1.807, 2.05) is 4.90 Å². The van der Waals surface area contributed by atoms with E-state index < -0.39 is 12.1 Å². The van der Waals surface area contributed by atoms with Gasteiger partial charge >= 0.3 is 0 Å². The second-order valence-electron chi connectivity index (χ2n) is 8.37. The Bertz CT molecular complexity index is 746. The maximum absolute atomic E-state index is 13.2. The van der Waals surface area contributed by atoms with Crippen LogP contribution < -0.4 is 10.9 Å². The average molecular weight is 405 g/mol. The average Bonchev–Trinajstić information content (AvgIpc) is 3.00. The Morgan fingerprint density at radius 3 is 2.69 bits per heavy atom. The largest absolute Gasteiger partial charge is 0.340 e. The lowest BCUT2D eigenvalue weighted by Gasteiger charge is -2.31. The molecule has 4 unspecified atom stereocenters. The van der Waals surface area contributed by atoms with Crippen LogP contribution in [0, 0.1) is 21.8 Å². The minimum atomic E-state index is -0.552. The summed E-state index contributed by atoms with van der Waals surface area (Å²) in [4.78, 5) is 28.4. The van der Waals surface area contributed by atoms with Crippen molar-refractivity contribution in [2.24, 2.45) is 5.92 Å². The molecule has 1 aromatic carbocycles. The molecule has 2 N–H and O–H groups in total. The molecule has 4 rings (SSSR count). The highest BCUT2D eigenvalue weighted by Crippen LogP contribution is 2.32. The van der Waals surface area contributed by atoms with Crippen LogP contribution in [-0.4, -0.2) is 64.9 Å². The number of carbonyl (C=O) groups excluding carboxylic acids is 1. The predicted molar refractivity (Wildman–Crippen MR) is 105 cm³/mol. The molecular weight excluding hydrogens is 377 g/mol. The molecule has 2 aliphatic heterocycles. The quantitative estimate of drug-likeness (QED) is 0.577. The second-order valence-corrected chi connectivity index (χ2v) is 8.37. The number of hydrogen-bond acceptors (Lipinski definition) is 6. The number of fused-ring (bicyclic) bond motifs is 1. The van der Waals surface area contributed by atoms with Gasteiger partial charge in [0.2, 0.25) is 11.9 Å². The number of hydrazine groups is 1. The minimum absolute atomic E-state index is 0.0368. The summed E-state index contributed by atoms with van der Waals surface area (Å²) < 4.78 is 13.1. The van der Waals surface area contributed by atoms with Crippen LogP contribution in [0.3, 0.4) is 0 Å². The van der Waals surface area contributed by atoms with E-state index in [1.165, 1.54) is 12.1 Å². The molecule has 3 aliphatic rings. The van der Waals surface area contributed by atoms with Crippen LogP contribution in [0.15, 0.2) is 24.3 Å². The summed E-state index contributed by atoms with van der Waals surface area (Å²) in [5.74, 6) is -0.234. The van der Waals surface area contributed by atoms with Gasteiger partial charge in [0.15, 0.2) is 0 Å². The summed E-state index contributed by atoms with van der Waals surface area (Å²) in [5.41, 5.74) is 7.37. The van der Waals surface area contributed by atoms with Crippen LogP contribution in [0.5, 0.6) is 0 Å². The van der Waals surface area contributed by atoms with Crippen molar-refractivity contribution in [2.75, 3.05) is 26.2 Å². The zero-order chi connectivity index (χ0) is 20.4. The maximum atomic E-state index is 13.2. The van der Waals surface area contributed by atoms with Crippen LogP contribution in [0.25, 0.3) is 0 Å². The van der Waals surface area contributed by atoms with Gasteiger partial charge in [0.05, 0.1) is 0 Å². The van der Waals surface area contributed by atoms with Crippen LogP contribution >= 0.6 is 0 Å². The molecule has 3 fully saturated rings. The number of amides is 1. The summed E-state index contributed by atoms with van der Waals surface area (Å²) in [6.45, 7) is 3.70. The van der Waals surface area contributed by atoms with Crippen molar-refractivity contribution in [1.82, 2.24) is 20.7 Å². The van der Waals surface area contributed by atoms with Crippen molar-refractivity contribution >= 4 is 5.91 Å². The van der Waals surface area contributed by atoms with E-state index in [0.717, 1.165) is 38.0 Å². The number of halogens is 1. The van der Waals surface area contributed by atoms with Crippen molar-refractivity contribution in [3.8, 4) is 0 Å². The van der Waals surface area contributed by atoms with Gasteiger partial charge in [-0.15, -0.1) is 0 Å². The molecule has 1 saturated carbocycles. The molecule has 2 heterocycles. The first-order valence-electron chi connectivity index (χ1n) is 10.4. The highest BCUT2D eigenvalue weighted by atomic mass is 19.1. The highest BCUT2D eigenvalue weighted by Gasteiger charge is 2.47. The Kier molecular flexibility index (Phi) is 6.07. The molecule has 9 heteroatoms. The van der Waals surface area contributed by atoms with Gasteiger partial charge in [0, 0.05) is 62.4 Å². The number of nitro groups is 1. The lowest BCUT2D eigenvalue weighted by molar-refractivity contribution is -0.528. The number of nitrogens with zero attached hydrogens (tertiary/aromatic N) is 3. The van der Waals surface area contributed by atoms with Gasteiger partial charge in [0.25, 0.3) is 0 Å². The first-order valence-corrected chi connectivity index (χ1v) is 10.4. The number of nitrogens with one attached hydrogen (secondary N) is 2. The third-order valence-electron chi connectivity index (χ3n) is 6.51. The summed E-state index contributed by atoms with van der Waals surface area (Å²) in [6.07, 6.45) is 2.60. The van der Waals surface area contributed by atoms with Gasteiger partial charge in [-0.25, -0.2) is 9.82 Å². The second kappa shape index (κ2) is 8.73. The minimum Gasteiger partial charge on any atom is -0.340 e. The summed E-state index contributed by atoms with van der Waals surface area (Å²) in [5, 5.41) is 11.2. The third kappa shape index (κ3) is 4.57. The van der Waals surface area contributed by atoms with E-state index >= 15 is 0 Å². The zero-order valence-corrected chi connectivity index (χ0v) is 16.4. The van der Waals surface area contributed by atoms with E-state index in [0.29, 0.717) is 25.9 Å². The van der Waals surface area contributed by atoms with Gasteiger partial charge in [-0.3, -0.25) is 25.2 Å². The van der Waals surface area contributed by atoms with Crippen LogP contribution in [0.1, 0.15) is 31.2 Å². The summed E-state index contributed by atoms with van der Waals surface area (Å²) >= 11 is 0. The molecular formula is C20H28FN5O3. The lowest BCUT2D eigenvalue weighted by Crippen LogP contribution is -2.49. The molecule has 0 radical (unpaired) electrons. The third-order valence-corrected chi connectivity index (χ3v) is 6.51. The fourth-order valence-corrected chi connectivity index (χ4v) is 4.86. The molecule has 1 aromatic rings. The van der Waals surface area contributed by atoms with E-state index in [-0.39, 0.29) is 28.6 Å². The number of rotatable bonds is 4. The van der Waals surface area contributed by atoms with E-state index in [9.17, 15) is 19.3 Å². The molecule has 1 amide bonds. The Hall–Kier alpha value is -2.10. The standard InChI is InChI=1S/C20H28FN5O3/c21-15-4-2-14(3-5-15)13-24-8-1-9-25(11-10-24)20(27)19-17-12-16(26(28)29)6-7-18(17)22-23-19/h2-5,16-19,22-23H,1,6-13H2. The van der Waals surface area contributed by atoms with Gasteiger partial charge in [0.1, 0.15) is 11.9 Å². The smallest absolute Gasteiger partial charge is 0.241 e. The highest BCUT2D eigenvalue weighted by molar-refractivity contribution is 5.82. The van der Waals surface area contributed by atoms with Crippen LogP contribution in [-0.2, 0) is 11.3 Å². The predicted octanol–water partition coefficient (Wildman–Crippen LogP) is 1.15. The molecule has 0 aromatic heterocycles. The lowest BCUT2D eigenvalue weighted by atomic mass is 9.79. The molecule has 158 valence electrons. The Morgan fingerprint density at radius 2 is 1.93 bits per heavy atom. The van der Waals surface area contributed by atoms with Crippen LogP contribution in [0.4, 0.5) is 4.39 Å². The fourth-order valence-electron chi connectivity index (χ4n) is 4.86.